The highest BCUT2D eigenvalue weighted by atomic mass is 16.5. The number of rotatable bonds is 5. The average molecular weight is 411 g/mol. The van der Waals surface area contributed by atoms with Crippen LogP contribution in [0.2, 0.25) is 0 Å². The van der Waals surface area contributed by atoms with E-state index >= 15 is 0 Å². The number of allylic oxidation sites excluding steroid dienone is 1. The molecule has 0 aromatic heterocycles. The van der Waals surface area contributed by atoms with Crippen molar-refractivity contribution in [2.24, 2.45) is 10.4 Å². The maximum Gasteiger partial charge on any atom is 0.340 e. The molecule has 0 bridgehead atoms. The van der Waals surface area contributed by atoms with Gasteiger partial charge in [0.25, 0.3) is 0 Å². The summed E-state index contributed by atoms with van der Waals surface area (Å²) >= 11 is 0. The molecule has 7 heteroatoms. The van der Waals surface area contributed by atoms with Crippen LogP contribution in [0.5, 0.6) is 0 Å². The van der Waals surface area contributed by atoms with Crippen LogP contribution in [0, 0.1) is 28.1 Å². The van der Waals surface area contributed by atoms with Gasteiger partial charge in [-0.1, -0.05) is 60.7 Å². The molecule has 0 saturated carbocycles. The number of nitriles is 2. The minimum atomic E-state index is -2.11. The van der Waals surface area contributed by atoms with Gasteiger partial charge in [0.2, 0.25) is 5.41 Å². The lowest BCUT2D eigenvalue weighted by atomic mass is 9.76. The van der Waals surface area contributed by atoms with Crippen LogP contribution in [-0.2, 0) is 19.1 Å². The Bertz CT molecular complexity index is 1180. The lowest BCUT2D eigenvalue weighted by molar-refractivity contribution is -0.139. The first-order valence-corrected chi connectivity index (χ1v) is 9.17. The molecule has 0 aliphatic heterocycles. The van der Waals surface area contributed by atoms with E-state index in [1.165, 1.54) is 6.21 Å². The number of carbonyl (C=O) groups is 2. The smallest absolute Gasteiger partial charge is 0.340 e. The maximum absolute atomic E-state index is 12.7. The lowest BCUT2D eigenvalue weighted by Gasteiger charge is -2.19. The van der Waals surface area contributed by atoms with Gasteiger partial charge in [-0.2, -0.15) is 10.5 Å². The van der Waals surface area contributed by atoms with Crippen molar-refractivity contribution < 1.29 is 19.1 Å². The number of esters is 2. The predicted molar refractivity (Wildman–Crippen MR) is 112 cm³/mol. The van der Waals surface area contributed by atoms with Crippen molar-refractivity contribution in [3.8, 4) is 12.1 Å². The van der Waals surface area contributed by atoms with E-state index in [4.69, 9.17) is 9.47 Å². The normalized spacial score (nSPS) is 14.8. The number of nitrogens with zero attached hydrogens (tertiary/aromatic N) is 3. The summed E-state index contributed by atoms with van der Waals surface area (Å²) in [4.78, 5) is 29.9. The lowest BCUT2D eigenvalue weighted by Crippen LogP contribution is -2.26. The number of carbonyl (C=O) groups excluding carboxylic acids is 2. The molecule has 0 saturated heterocycles. The van der Waals surface area contributed by atoms with E-state index in [0.29, 0.717) is 5.56 Å². The van der Waals surface area contributed by atoms with Crippen LogP contribution in [0.15, 0.2) is 82.5 Å². The summed E-state index contributed by atoms with van der Waals surface area (Å²) in [5.41, 5.74) is -1.49. The largest absolute Gasteiger partial charge is 0.466 e. The Balaban J connectivity index is 2.43. The third-order valence-electron chi connectivity index (χ3n) is 4.79. The minimum Gasteiger partial charge on any atom is -0.466 e. The van der Waals surface area contributed by atoms with E-state index in [2.05, 4.69) is 4.99 Å². The van der Waals surface area contributed by atoms with Gasteiger partial charge >= 0.3 is 11.9 Å². The molecule has 7 nitrogen and oxygen atoms in total. The number of hydrogen-bond donors (Lipinski definition) is 0. The van der Waals surface area contributed by atoms with E-state index in [-0.39, 0.29) is 16.8 Å². The second-order valence-electron chi connectivity index (χ2n) is 6.47. The number of hydrogen-bond acceptors (Lipinski definition) is 7. The van der Waals surface area contributed by atoms with Crippen LogP contribution in [-0.4, -0.2) is 32.4 Å². The van der Waals surface area contributed by atoms with E-state index in [9.17, 15) is 20.1 Å². The third-order valence-corrected chi connectivity index (χ3v) is 4.79. The van der Waals surface area contributed by atoms with Crippen LogP contribution in [0.25, 0.3) is 5.57 Å². The Hall–Kier alpha value is -4.49. The van der Waals surface area contributed by atoms with Crippen molar-refractivity contribution in [3.63, 3.8) is 0 Å². The molecule has 1 aliphatic carbocycles. The summed E-state index contributed by atoms with van der Waals surface area (Å²) in [5.74, 6) is -1.89. The van der Waals surface area contributed by atoms with E-state index in [0.717, 1.165) is 19.8 Å². The van der Waals surface area contributed by atoms with Crippen LogP contribution < -0.4 is 0 Å². The quantitative estimate of drug-likeness (QED) is 0.552. The zero-order valence-electron chi connectivity index (χ0n) is 16.8. The Morgan fingerprint density at radius 1 is 0.903 bits per heavy atom. The molecule has 152 valence electrons. The number of ether oxygens (including phenoxy) is 2. The Kier molecular flexibility index (Phi) is 6.09. The molecule has 1 aliphatic rings. The fourth-order valence-electron chi connectivity index (χ4n) is 3.41. The molecule has 0 unspecified atom stereocenters. The third kappa shape index (κ3) is 3.61. The summed E-state index contributed by atoms with van der Waals surface area (Å²) in [6.45, 7) is 0. The topological polar surface area (TPSA) is 113 Å². The average Bonchev–Trinajstić information content (AvgIpc) is 3.13. The van der Waals surface area contributed by atoms with Gasteiger partial charge in [0.1, 0.15) is 0 Å². The summed E-state index contributed by atoms with van der Waals surface area (Å²) in [6, 6.07) is 21.4. The zero-order valence-corrected chi connectivity index (χ0v) is 16.8. The molecule has 0 fully saturated rings. The Morgan fingerprint density at radius 2 is 1.45 bits per heavy atom. The fourth-order valence-corrected chi connectivity index (χ4v) is 3.41. The second-order valence-corrected chi connectivity index (χ2v) is 6.47. The fraction of sp³-hybridized carbons (Fsp3) is 0.125. The first kappa shape index (κ1) is 21.2. The van der Waals surface area contributed by atoms with E-state index < -0.39 is 22.9 Å². The Morgan fingerprint density at radius 3 is 1.97 bits per heavy atom. The highest BCUT2D eigenvalue weighted by Gasteiger charge is 2.54. The molecule has 0 heterocycles. The molecule has 0 spiro atoms. The van der Waals surface area contributed by atoms with Gasteiger partial charge in [-0.05, 0) is 11.1 Å². The van der Waals surface area contributed by atoms with E-state index in [1.54, 1.807) is 42.5 Å². The summed E-state index contributed by atoms with van der Waals surface area (Å²) in [5, 5.41) is 20.2. The van der Waals surface area contributed by atoms with Crippen molar-refractivity contribution in [3.05, 3.63) is 88.6 Å². The Labute approximate surface area is 179 Å². The molecule has 0 N–H and O–H groups in total. The van der Waals surface area contributed by atoms with Crippen LogP contribution in [0.3, 0.4) is 0 Å². The highest BCUT2D eigenvalue weighted by molar-refractivity contribution is 6.14. The van der Waals surface area contributed by atoms with Gasteiger partial charge in [-0.3, -0.25) is 4.99 Å². The molecule has 31 heavy (non-hydrogen) atoms. The number of methoxy groups -OCH3 is 2. The number of aliphatic imine (C=N–C) groups is 1. The van der Waals surface area contributed by atoms with Crippen molar-refractivity contribution in [1.82, 2.24) is 0 Å². The summed E-state index contributed by atoms with van der Waals surface area (Å²) < 4.78 is 9.70. The monoisotopic (exact) mass is 411 g/mol. The maximum atomic E-state index is 12.7. The van der Waals surface area contributed by atoms with Crippen LogP contribution in [0.4, 0.5) is 0 Å². The van der Waals surface area contributed by atoms with Crippen molar-refractivity contribution in [2.75, 3.05) is 14.2 Å². The SMILES string of the molecule is COC(=O)C1=C(C(=O)OC)C(C#N)(C#N)C(c2ccccc2)=C1N=Cc1ccccc1. The van der Waals surface area contributed by atoms with Gasteiger partial charge in [-0.25, -0.2) is 9.59 Å². The van der Waals surface area contributed by atoms with Gasteiger partial charge in [0.05, 0.1) is 43.2 Å². The first-order valence-electron chi connectivity index (χ1n) is 9.17. The number of benzene rings is 2. The van der Waals surface area contributed by atoms with E-state index in [1.807, 2.05) is 30.3 Å². The molecule has 2 aromatic carbocycles. The van der Waals surface area contributed by atoms with Crippen molar-refractivity contribution in [1.29, 1.82) is 10.5 Å². The molecular weight excluding hydrogens is 394 g/mol. The first-order chi connectivity index (χ1) is 15.0. The molecular formula is C24H17N3O4. The van der Waals surface area contributed by atoms with Gasteiger partial charge < -0.3 is 9.47 Å². The predicted octanol–water partition coefficient (Wildman–Crippen LogP) is 3.21. The van der Waals surface area contributed by atoms with Gasteiger partial charge in [-0.15, -0.1) is 0 Å². The minimum absolute atomic E-state index is 0.00500. The van der Waals surface area contributed by atoms with Gasteiger partial charge in [0.15, 0.2) is 0 Å². The van der Waals surface area contributed by atoms with Crippen molar-refractivity contribution in [2.45, 2.75) is 0 Å². The second kappa shape index (κ2) is 8.89. The summed E-state index contributed by atoms with van der Waals surface area (Å²) in [7, 11) is 2.25. The molecule has 0 atom stereocenters. The van der Waals surface area contributed by atoms with Crippen LogP contribution in [0.1, 0.15) is 11.1 Å². The molecule has 0 radical (unpaired) electrons. The zero-order chi connectivity index (χ0) is 22.4. The molecule has 0 amide bonds. The van der Waals surface area contributed by atoms with Crippen molar-refractivity contribution >= 4 is 23.7 Å². The van der Waals surface area contributed by atoms with Crippen LogP contribution >= 0.6 is 0 Å². The molecule has 2 aromatic rings. The summed E-state index contributed by atoms with van der Waals surface area (Å²) in [6.07, 6.45) is 1.49. The molecule has 3 rings (SSSR count). The van der Waals surface area contributed by atoms with Gasteiger partial charge in [0, 0.05) is 11.8 Å². The highest BCUT2D eigenvalue weighted by Crippen LogP contribution is 2.52. The standard InChI is InChI=1S/C24H17N3O4/c1-30-22(28)18-20(23(29)31-2)24(14-25,15-26)19(17-11-7-4-8-12-17)21(18)27-13-16-9-5-3-6-10-16/h3-13H,1-2H3.